The molecule has 5 nitrogen and oxygen atoms in total. The largest absolute Gasteiger partial charge is 0.490 e. The van der Waals surface area contributed by atoms with E-state index in [0.29, 0.717) is 6.04 Å². The first-order valence-electron chi connectivity index (χ1n) is 6.36. The van der Waals surface area contributed by atoms with Crippen LogP contribution in [0.4, 0.5) is 13.2 Å². The van der Waals surface area contributed by atoms with Crippen molar-refractivity contribution in [3.05, 3.63) is 30.4 Å². The molecule has 2 atom stereocenters. The summed E-state index contributed by atoms with van der Waals surface area (Å²) in [6.07, 6.45) is 5.13. The molecule has 2 bridgehead atoms. The summed E-state index contributed by atoms with van der Waals surface area (Å²) >= 11 is 0. The monoisotopic (exact) mass is 301 g/mol. The van der Waals surface area contributed by atoms with Crippen LogP contribution in [0.3, 0.4) is 0 Å². The SMILES string of the molecule is C1=C(c2cncnc2)CC2CNC1C2.O=C(O)C(F)(F)F. The lowest BCUT2D eigenvalue weighted by atomic mass is 9.87. The van der Waals surface area contributed by atoms with Gasteiger partial charge in [-0.05, 0) is 30.9 Å². The molecular weight excluding hydrogens is 287 g/mol. The highest BCUT2D eigenvalue weighted by molar-refractivity contribution is 5.73. The van der Waals surface area contributed by atoms with Crippen molar-refractivity contribution in [2.24, 2.45) is 5.92 Å². The van der Waals surface area contributed by atoms with Gasteiger partial charge in [0.15, 0.2) is 0 Å². The van der Waals surface area contributed by atoms with Gasteiger partial charge >= 0.3 is 12.1 Å². The van der Waals surface area contributed by atoms with E-state index in [-0.39, 0.29) is 0 Å². The Kier molecular flexibility index (Phi) is 4.56. The Morgan fingerprint density at radius 1 is 1.33 bits per heavy atom. The Morgan fingerprint density at radius 2 is 1.95 bits per heavy atom. The molecule has 2 N–H and O–H groups in total. The number of carboxylic acids is 1. The minimum atomic E-state index is -5.08. The van der Waals surface area contributed by atoms with Crippen molar-refractivity contribution in [1.82, 2.24) is 15.3 Å². The second kappa shape index (κ2) is 6.21. The lowest BCUT2D eigenvalue weighted by Gasteiger charge is -2.17. The molecule has 0 amide bonds. The van der Waals surface area contributed by atoms with Gasteiger partial charge in [-0.2, -0.15) is 13.2 Å². The number of allylic oxidation sites excluding steroid dienone is 1. The molecule has 1 fully saturated rings. The van der Waals surface area contributed by atoms with Gasteiger partial charge in [-0.25, -0.2) is 14.8 Å². The number of carbonyl (C=O) groups is 1. The third-order valence-electron chi connectivity index (χ3n) is 3.34. The molecule has 0 radical (unpaired) electrons. The van der Waals surface area contributed by atoms with Crippen molar-refractivity contribution in [2.45, 2.75) is 25.1 Å². The van der Waals surface area contributed by atoms with Crippen LogP contribution in [0.25, 0.3) is 5.57 Å². The Balaban J connectivity index is 0.000000199. The van der Waals surface area contributed by atoms with Gasteiger partial charge in [-0.15, -0.1) is 0 Å². The van der Waals surface area contributed by atoms with Crippen LogP contribution in [0.5, 0.6) is 0 Å². The number of hydrogen-bond acceptors (Lipinski definition) is 4. The molecule has 1 aromatic heterocycles. The Morgan fingerprint density at radius 3 is 2.48 bits per heavy atom. The second-order valence-electron chi connectivity index (χ2n) is 4.94. The third kappa shape index (κ3) is 4.25. The maximum atomic E-state index is 10.6. The van der Waals surface area contributed by atoms with Gasteiger partial charge in [0.25, 0.3) is 0 Å². The van der Waals surface area contributed by atoms with Gasteiger partial charge < -0.3 is 10.4 Å². The summed E-state index contributed by atoms with van der Waals surface area (Å²) in [6, 6.07) is 0.587. The van der Waals surface area contributed by atoms with Crippen LogP contribution >= 0.6 is 0 Å². The third-order valence-corrected chi connectivity index (χ3v) is 3.34. The maximum absolute atomic E-state index is 10.6. The first-order valence-corrected chi connectivity index (χ1v) is 6.36. The number of fused-ring (bicyclic) bond motifs is 2. The van der Waals surface area contributed by atoms with E-state index >= 15 is 0 Å². The Labute approximate surface area is 118 Å². The number of carboxylic acid groups (broad SMARTS) is 1. The van der Waals surface area contributed by atoms with Crippen LogP contribution in [0.15, 0.2) is 24.8 Å². The zero-order valence-electron chi connectivity index (χ0n) is 11.0. The quantitative estimate of drug-likeness (QED) is 0.828. The summed E-state index contributed by atoms with van der Waals surface area (Å²) in [6.45, 7) is 1.17. The van der Waals surface area contributed by atoms with Gasteiger partial charge in [0, 0.05) is 24.0 Å². The van der Waals surface area contributed by atoms with Crippen LogP contribution in [0.1, 0.15) is 18.4 Å². The standard InChI is InChI=1S/C11H13N3.C2HF3O2/c1-8-2-11(14-4-8)3-9(1)10-5-12-7-13-6-10;3-2(4,5)1(6)7/h3,5-8,11,14H,1-2,4H2;(H,6,7). The van der Waals surface area contributed by atoms with E-state index in [1.165, 1.54) is 30.5 Å². The van der Waals surface area contributed by atoms with Crippen LogP contribution in [0.2, 0.25) is 0 Å². The van der Waals surface area contributed by atoms with E-state index in [4.69, 9.17) is 9.90 Å². The van der Waals surface area contributed by atoms with Gasteiger partial charge in [0.05, 0.1) is 0 Å². The zero-order chi connectivity index (χ0) is 15.5. The van der Waals surface area contributed by atoms with Crippen molar-refractivity contribution < 1.29 is 23.1 Å². The predicted molar refractivity (Wildman–Crippen MR) is 68.2 cm³/mol. The summed E-state index contributed by atoms with van der Waals surface area (Å²) in [4.78, 5) is 17.0. The lowest BCUT2D eigenvalue weighted by molar-refractivity contribution is -0.192. The van der Waals surface area contributed by atoms with E-state index in [2.05, 4.69) is 21.4 Å². The predicted octanol–water partition coefficient (Wildman–Crippen LogP) is 1.88. The van der Waals surface area contributed by atoms with Crippen LogP contribution in [-0.2, 0) is 4.79 Å². The molecule has 3 rings (SSSR count). The molecule has 0 saturated carbocycles. The first-order chi connectivity index (χ1) is 9.86. The summed E-state index contributed by atoms with van der Waals surface area (Å²) in [7, 11) is 0. The number of alkyl halides is 3. The van der Waals surface area contributed by atoms with Crippen molar-refractivity contribution in [2.75, 3.05) is 6.54 Å². The van der Waals surface area contributed by atoms with Gasteiger partial charge in [-0.1, -0.05) is 6.08 Å². The van der Waals surface area contributed by atoms with Crippen LogP contribution in [-0.4, -0.2) is 39.8 Å². The van der Waals surface area contributed by atoms with Gasteiger partial charge in [0.1, 0.15) is 6.33 Å². The number of rotatable bonds is 1. The first kappa shape index (κ1) is 15.4. The fourth-order valence-corrected chi connectivity index (χ4v) is 2.43. The average Bonchev–Trinajstić information content (AvgIpc) is 2.78. The topological polar surface area (TPSA) is 75.1 Å². The molecule has 2 heterocycles. The molecule has 1 aliphatic heterocycles. The normalized spacial score (nSPS) is 23.9. The number of nitrogens with one attached hydrogen (secondary N) is 1. The second-order valence-corrected chi connectivity index (χ2v) is 4.94. The number of aromatic nitrogens is 2. The molecule has 1 aromatic rings. The highest BCUT2D eigenvalue weighted by Gasteiger charge is 2.38. The molecule has 2 aliphatic rings. The molecule has 8 heteroatoms. The summed E-state index contributed by atoms with van der Waals surface area (Å²) in [5.74, 6) is -1.94. The molecular formula is C13H14F3N3O2. The van der Waals surface area contributed by atoms with E-state index in [1.54, 1.807) is 6.33 Å². The number of nitrogens with zero attached hydrogens (tertiary/aromatic N) is 2. The molecule has 0 spiro atoms. The minimum Gasteiger partial charge on any atom is -0.475 e. The van der Waals surface area contributed by atoms with Crippen LogP contribution < -0.4 is 5.32 Å². The molecule has 2 unspecified atom stereocenters. The number of hydrogen-bond donors (Lipinski definition) is 2. The highest BCUT2D eigenvalue weighted by atomic mass is 19.4. The van der Waals surface area contributed by atoms with E-state index < -0.39 is 12.1 Å². The maximum Gasteiger partial charge on any atom is 0.490 e. The Hall–Kier alpha value is -1.96. The van der Waals surface area contributed by atoms with Crippen molar-refractivity contribution in [1.29, 1.82) is 0 Å². The molecule has 114 valence electrons. The molecule has 1 saturated heterocycles. The molecule has 1 aliphatic carbocycles. The van der Waals surface area contributed by atoms with Crippen molar-refractivity contribution >= 4 is 11.5 Å². The molecule has 0 aromatic carbocycles. The van der Waals surface area contributed by atoms with E-state index in [0.717, 1.165) is 5.92 Å². The lowest BCUT2D eigenvalue weighted by Crippen LogP contribution is -2.21. The van der Waals surface area contributed by atoms with Crippen LogP contribution in [0, 0.1) is 5.92 Å². The van der Waals surface area contributed by atoms with Crippen molar-refractivity contribution in [3.63, 3.8) is 0 Å². The van der Waals surface area contributed by atoms with E-state index in [9.17, 15) is 13.2 Å². The summed E-state index contributed by atoms with van der Waals surface area (Å²) < 4.78 is 31.7. The zero-order valence-corrected chi connectivity index (χ0v) is 11.0. The number of halogens is 3. The number of aliphatic carboxylic acids is 1. The summed E-state index contributed by atoms with van der Waals surface area (Å²) in [5, 5.41) is 10.6. The van der Waals surface area contributed by atoms with Gasteiger partial charge in [-0.3, -0.25) is 0 Å². The van der Waals surface area contributed by atoms with Crippen molar-refractivity contribution in [3.8, 4) is 0 Å². The van der Waals surface area contributed by atoms with E-state index in [1.807, 2.05) is 12.4 Å². The average molecular weight is 301 g/mol. The smallest absolute Gasteiger partial charge is 0.475 e. The molecule has 21 heavy (non-hydrogen) atoms. The Bertz CT molecular complexity index is 531. The minimum absolute atomic E-state index is 0.587. The highest BCUT2D eigenvalue weighted by Crippen LogP contribution is 2.33. The van der Waals surface area contributed by atoms with Gasteiger partial charge in [0.2, 0.25) is 0 Å². The fourth-order valence-electron chi connectivity index (χ4n) is 2.43. The fraction of sp³-hybridized carbons (Fsp3) is 0.462. The summed E-state index contributed by atoms with van der Waals surface area (Å²) in [5.41, 5.74) is 2.60.